The van der Waals surface area contributed by atoms with E-state index in [1.165, 1.54) is 0 Å². The maximum Gasteiger partial charge on any atom is 1.00 e. The molecule has 0 heterocycles. The molecule has 72 valence electrons. The Bertz CT molecular complexity index is 157. The molecule has 0 aromatic heterocycles. The number of rotatable bonds is 2. The zero-order valence-corrected chi connectivity index (χ0v) is 11.0. The molecule has 0 amide bonds. The second-order valence-electron chi connectivity index (χ2n) is 2.37. The number of hydrogen-bond acceptors (Lipinski definition) is 4. The van der Waals surface area contributed by atoms with Crippen LogP contribution < -0.4 is 62.2 Å². The molecule has 0 unspecified atom stereocenters. The Morgan fingerprint density at radius 3 is 1.54 bits per heavy atom. The van der Waals surface area contributed by atoms with Crippen molar-refractivity contribution in [3.05, 3.63) is 0 Å². The third-order valence-corrected chi connectivity index (χ3v) is 0.990. The second kappa shape index (κ2) is 10.4. The maximum absolute atomic E-state index is 9.90. The molecule has 13 heavy (non-hydrogen) atoms. The Hall–Kier alpha value is 0.336. The smallest absolute Gasteiger partial charge is 0.548 e. The fourth-order valence-electron chi connectivity index (χ4n) is 0.272. The van der Waals surface area contributed by atoms with Gasteiger partial charge in [0.25, 0.3) is 0 Å². The summed E-state index contributed by atoms with van der Waals surface area (Å²) >= 11 is 0. The molecule has 0 aromatic rings. The van der Waals surface area contributed by atoms with Crippen LogP contribution in [0.4, 0.5) is 4.79 Å². The minimum absolute atomic E-state index is 0. The van der Waals surface area contributed by atoms with Gasteiger partial charge in [-0.15, -0.1) is 0 Å². The fraction of sp³-hybridized carbons (Fsp3) is 0.667. The summed E-state index contributed by atoms with van der Waals surface area (Å²) in [6.45, 7) is 3.47. The number of nitrogens with two attached hydrogens (primary N) is 1. The number of hydrogen-bond donors (Lipinski definition) is 3. The van der Waals surface area contributed by atoms with Crippen LogP contribution in [0.25, 0.3) is 0 Å². The SMILES string of the molecule is CC(C)[C@H](N)C(=O)[O-].O=C(O)O.[K+]. The third kappa shape index (κ3) is 19.0. The van der Waals surface area contributed by atoms with E-state index in [2.05, 4.69) is 0 Å². The third-order valence-electron chi connectivity index (χ3n) is 0.990. The molecule has 1 atom stereocenters. The standard InChI is InChI=1S/C5H11NO2.CH2O3.K/c1-3(2)4(6)5(7)8;2-1(3)4;/h3-4H,6H2,1-2H3,(H,7,8);(H2,2,3,4);/q;;+1/p-1/t4-;;/m0../s1. The number of aliphatic carboxylic acids is 1. The summed E-state index contributed by atoms with van der Waals surface area (Å²) in [5.41, 5.74) is 5.10. The molecule has 0 aliphatic carbocycles. The van der Waals surface area contributed by atoms with Crippen LogP contribution in [0.1, 0.15) is 13.8 Å². The molecule has 0 fully saturated rings. The van der Waals surface area contributed by atoms with Gasteiger partial charge in [0.1, 0.15) is 0 Å². The first kappa shape index (κ1) is 19.0. The Balaban J connectivity index is -0.000000173. The average Bonchev–Trinajstić information content (AvgIpc) is 1.84. The van der Waals surface area contributed by atoms with Gasteiger partial charge < -0.3 is 25.8 Å². The summed E-state index contributed by atoms with van der Waals surface area (Å²) in [6, 6.07) is -0.824. The summed E-state index contributed by atoms with van der Waals surface area (Å²) in [6.07, 6.45) is -1.83. The van der Waals surface area contributed by atoms with Gasteiger partial charge in [-0.3, -0.25) is 0 Å². The van der Waals surface area contributed by atoms with Gasteiger partial charge in [-0.1, -0.05) is 13.8 Å². The van der Waals surface area contributed by atoms with Gasteiger partial charge in [-0.05, 0) is 5.92 Å². The van der Waals surface area contributed by atoms with E-state index in [1.807, 2.05) is 0 Å². The first-order chi connectivity index (χ1) is 5.29. The minimum atomic E-state index is -1.83. The summed E-state index contributed by atoms with van der Waals surface area (Å²) < 4.78 is 0. The van der Waals surface area contributed by atoms with Crippen LogP contribution in [-0.4, -0.2) is 28.4 Å². The quantitative estimate of drug-likeness (QED) is 0.404. The van der Waals surface area contributed by atoms with Crippen LogP contribution in [0, 0.1) is 5.92 Å². The van der Waals surface area contributed by atoms with Crippen LogP contribution in [0.2, 0.25) is 0 Å². The van der Waals surface area contributed by atoms with E-state index in [0.29, 0.717) is 0 Å². The summed E-state index contributed by atoms with van der Waals surface area (Å²) in [7, 11) is 0. The molecule has 0 radical (unpaired) electrons. The molecule has 0 saturated carbocycles. The minimum Gasteiger partial charge on any atom is -0.548 e. The van der Waals surface area contributed by atoms with Crippen molar-refractivity contribution < 1.29 is 76.3 Å². The molecule has 0 rings (SSSR count). The van der Waals surface area contributed by atoms with E-state index in [1.54, 1.807) is 13.8 Å². The zero-order valence-electron chi connectivity index (χ0n) is 7.85. The molecule has 0 aliphatic rings. The van der Waals surface area contributed by atoms with Crippen molar-refractivity contribution in [2.24, 2.45) is 11.7 Å². The van der Waals surface area contributed by atoms with E-state index in [0.717, 1.165) is 0 Å². The van der Waals surface area contributed by atoms with Gasteiger partial charge in [0.05, 0.1) is 5.97 Å². The average molecular weight is 217 g/mol. The van der Waals surface area contributed by atoms with E-state index < -0.39 is 18.2 Å². The van der Waals surface area contributed by atoms with E-state index in [-0.39, 0.29) is 57.3 Å². The summed E-state index contributed by atoms with van der Waals surface area (Å²) in [4.78, 5) is 18.5. The normalized spacial score (nSPS) is 10.5. The number of carboxylic acid groups (broad SMARTS) is 3. The van der Waals surface area contributed by atoms with Crippen LogP contribution in [-0.2, 0) is 4.79 Å². The van der Waals surface area contributed by atoms with Crippen molar-refractivity contribution in [2.45, 2.75) is 19.9 Å². The molecule has 6 nitrogen and oxygen atoms in total. The Morgan fingerprint density at radius 1 is 1.31 bits per heavy atom. The number of carbonyl (C=O) groups excluding carboxylic acids is 1. The van der Waals surface area contributed by atoms with Crippen molar-refractivity contribution in [2.75, 3.05) is 0 Å². The molecule has 4 N–H and O–H groups in total. The second-order valence-corrected chi connectivity index (χ2v) is 2.37. The van der Waals surface area contributed by atoms with Crippen molar-refractivity contribution in [3.8, 4) is 0 Å². The van der Waals surface area contributed by atoms with Crippen molar-refractivity contribution in [1.82, 2.24) is 0 Å². The summed E-state index contributed by atoms with van der Waals surface area (Å²) in [5, 5.41) is 23.8. The molecular weight excluding hydrogens is 205 g/mol. The van der Waals surface area contributed by atoms with E-state index in [9.17, 15) is 9.90 Å². The predicted molar refractivity (Wildman–Crippen MR) is 38.5 cm³/mol. The van der Waals surface area contributed by atoms with Crippen LogP contribution in [0.3, 0.4) is 0 Å². The first-order valence-electron chi connectivity index (χ1n) is 3.17. The van der Waals surface area contributed by atoms with Crippen LogP contribution in [0.15, 0.2) is 0 Å². The molecule has 0 aromatic carbocycles. The van der Waals surface area contributed by atoms with Crippen LogP contribution in [0.5, 0.6) is 0 Å². The summed E-state index contributed by atoms with van der Waals surface area (Å²) in [5.74, 6) is -1.22. The van der Waals surface area contributed by atoms with Gasteiger partial charge in [-0.25, -0.2) is 4.79 Å². The Morgan fingerprint density at radius 2 is 1.54 bits per heavy atom. The maximum atomic E-state index is 9.90. The first-order valence-corrected chi connectivity index (χ1v) is 3.17. The topological polar surface area (TPSA) is 124 Å². The fourth-order valence-corrected chi connectivity index (χ4v) is 0.272. The molecule has 0 spiro atoms. The number of carboxylic acids is 1. The van der Waals surface area contributed by atoms with E-state index >= 15 is 0 Å². The van der Waals surface area contributed by atoms with Gasteiger partial charge in [0.2, 0.25) is 0 Å². The largest absolute Gasteiger partial charge is 1.00 e. The van der Waals surface area contributed by atoms with Gasteiger partial charge in [0, 0.05) is 6.04 Å². The van der Waals surface area contributed by atoms with Gasteiger partial charge in [-0.2, -0.15) is 0 Å². The predicted octanol–water partition coefficient (Wildman–Crippen LogP) is -4.05. The van der Waals surface area contributed by atoms with Gasteiger partial charge in [0.15, 0.2) is 0 Å². The molecule has 0 bridgehead atoms. The Labute approximate surface area is 119 Å². The van der Waals surface area contributed by atoms with Crippen molar-refractivity contribution >= 4 is 12.1 Å². The Kier molecular flexibility index (Phi) is 15.2. The number of carbonyl (C=O) groups is 2. The molecular formula is C6H12KNO5. The van der Waals surface area contributed by atoms with E-state index in [4.69, 9.17) is 20.7 Å². The monoisotopic (exact) mass is 217 g/mol. The van der Waals surface area contributed by atoms with Crippen LogP contribution >= 0.6 is 0 Å². The zero-order chi connectivity index (χ0) is 10.3. The van der Waals surface area contributed by atoms with Crippen molar-refractivity contribution in [3.63, 3.8) is 0 Å². The molecule has 0 saturated heterocycles. The van der Waals surface area contributed by atoms with Crippen molar-refractivity contribution in [1.29, 1.82) is 0 Å². The molecule has 7 heteroatoms. The molecule has 0 aliphatic heterocycles. The van der Waals surface area contributed by atoms with Gasteiger partial charge >= 0.3 is 57.5 Å².